The first-order chi connectivity index (χ1) is 4.65. The summed E-state index contributed by atoms with van der Waals surface area (Å²) in [7, 11) is 0. The minimum absolute atomic E-state index is 0.983. The molecule has 0 amide bonds. The Morgan fingerprint density at radius 3 is 2.00 bits per heavy atom. The standard InChI is InChI=1S/C5H10O.C4H8/c1-2-3-4-5-6;1-4(2)3/h4-6H,2-3H2,1H3;1H2,2-3H3/b5-4+;. The third-order valence-electron chi connectivity index (χ3n) is 0.561. The second kappa shape index (κ2) is 11.1. The molecule has 0 aromatic carbocycles. The Bertz CT molecular complexity index is 88.9. The summed E-state index contributed by atoms with van der Waals surface area (Å²) in [5.74, 6) is 0. The van der Waals surface area contributed by atoms with E-state index in [-0.39, 0.29) is 0 Å². The Kier molecular flexibility index (Phi) is 13.4. The van der Waals surface area contributed by atoms with E-state index in [1.165, 1.54) is 5.57 Å². The van der Waals surface area contributed by atoms with Crippen molar-refractivity contribution in [3.63, 3.8) is 0 Å². The van der Waals surface area contributed by atoms with Crippen molar-refractivity contribution in [3.05, 3.63) is 24.5 Å². The highest BCUT2D eigenvalue weighted by Crippen LogP contribution is 1.84. The average Bonchev–Trinajstić information content (AvgIpc) is 1.82. The fourth-order valence-corrected chi connectivity index (χ4v) is 0.241. The van der Waals surface area contributed by atoms with Crippen molar-refractivity contribution < 1.29 is 5.11 Å². The van der Waals surface area contributed by atoms with Crippen LogP contribution < -0.4 is 0 Å². The van der Waals surface area contributed by atoms with E-state index >= 15 is 0 Å². The number of allylic oxidation sites excluding steroid dienone is 2. The van der Waals surface area contributed by atoms with Crippen molar-refractivity contribution in [2.75, 3.05) is 0 Å². The Labute approximate surface area is 64.1 Å². The zero-order valence-corrected chi connectivity index (χ0v) is 7.22. The molecule has 0 aromatic heterocycles. The molecule has 1 N–H and O–H groups in total. The maximum atomic E-state index is 8.02. The van der Waals surface area contributed by atoms with Crippen molar-refractivity contribution in [1.29, 1.82) is 0 Å². The molecule has 0 rings (SSSR count). The first-order valence-electron chi connectivity index (χ1n) is 3.56. The molecule has 60 valence electrons. The fourth-order valence-electron chi connectivity index (χ4n) is 0.241. The lowest BCUT2D eigenvalue weighted by Crippen LogP contribution is -1.57. The van der Waals surface area contributed by atoms with Gasteiger partial charge < -0.3 is 5.11 Å². The molecule has 0 aliphatic heterocycles. The van der Waals surface area contributed by atoms with Crippen LogP contribution in [0.5, 0.6) is 0 Å². The van der Waals surface area contributed by atoms with Crippen LogP contribution in [-0.4, -0.2) is 5.11 Å². The molecule has 0 aliphatic carbocycles. The zero-order chi connectivity index (χ0) is 8.41. The smallest absolute Gasteiger partial charge is 0.0751 e. The highest BCUT2D eigenvalue weighted by atomic mass is 16.2. The predicted octanol–water partition coefficient (Wildman–Crippen LogP) is 3.44. The van der Waals surface area contributed by atoms with Crippen LogP contribution in [0.25, 0.3) is 0 Å². The van der Waals surface area contributed by atoms with E-state index in [4.69, 9.17) is 5.11 Å². The van der Waals surface area contributed by atoms with Gasteiger partial charge in [-0.2, -0.15) is 0 Å². The lowest BCUT2D eigenvalue weighted by molar-refractivity contribution is 0.470. The van der Waals surface area contributed by atoms with Crippen molar-refractivity contribution in [2.24, 2.45) is 0 Å². The summed E-state index contributed by atoms with van der Waals surface area (Å²) >= 11 is 0. The summed E-state index contributed by atoms with van der Waals surface area (Å²) in [4.78, 5) is 0. The third-order valence-corrected chi connectivity index (χ3v) is 0.561. The second-order valence-corrected chi connectivity index (χ2v) is 2.38. The Hall–Kier alpha value is -0.720. The van der Waals surface area contributed by atoms with Gasteiger partial charge in [-0.25, -0.2) is 0 Å². The van der Waals surface area contributed by atoms with Gasteiger partial charge in [-0.3, -0.25) is 0 Å². The van der Waals surface area contributed by atoms with Crippen LogP contribution in [0.4, 0.5) is 0 Å². The molecule has 0 fully saturated rings. The van der Waals surface area contributed by atoms with Gasteiger partial charge in [0, 0.05) is 0 Å². The van der Waals surface area contributed by atoms with Crippen molar-refractivity contribution in [3.8, 4) is 0 Å². The molecule has 1 nitrogen and oxygen atoms in total. The van der Waals surface area contributed by atoms with Gasteiger partial charge in [-0.15, -0.1) is 6.58 Å². The molecule has 0 radical (unpaired) electrons. The highest BCUT2D eigenvalue weighted by molar-refractivity contribution is 4.78. The maximum Gasteiger partial charge on any atom is 0.0751 e. The van der Waals surface area contributed by atoms with E-state index in [0.29, 0.717) is 0 Å². The first-order valence-corrected chi connectivity index (χ1v) is 3.56. The van der Waals surface area contributed by atoms with E-state index in [2.05, 4.69) is 13.5 Å². The van der Waals surface area contributed by atoms with Crippen LogP contribution in [-0.2, 0) is 0 Å². The lowest BCUT2D eigenvalue weighted by atomic mass is 10.3. The third kappa shape index (κ3) is 55.2. The number of aliphatic hydroxyl groups is 1. The Morgan fingerprint density at radius 2 is 1.90 bits per heavy atom. The molecule has 0 heterocycles. The molecular weight excluding hydrogens is 124 g/mol. The van der Waals surface area contributed by atoms with Crippen LogP contribution in [0.15, 0.2) is 24.5 Å². The van der Waals surface area contributed by atoms with Gasteiger partial charge in [0.05, 0.1) is 6.26 Å². The predicted molar refractivity (Wildman–Crippen MR) is 47.2 cm³/mol. The number of hydrogen-bond acceptors (Lipinski definition) is 1. The molecule has 0 aromatic rings. The largest absolute Gasteiger partial charge is 0.516 e. The minimum Gasteiger partial charge on any atom is -0.516 e. The lowest BCUT2D eigenvalue weighted by Gasteiger charge is -1.75. The van der Waals surface area contributed by atoms with Crippen molar-refractivity contribution in [2.45, 2.75) is 33.6 Å². The van der Waals surface area contributed by atoms with Gasteiger partial charge in [0.25, 0.3) is 0 Å². The van der Waals surface area contributed by atoms with E-state index in [1.54, 1.807) is 6.08 Å². The summed E-state index contributed by atoms with van der Waals surface area (Å²) in [6.07, 6.45) is 4.91. The molecule has 0 bridgehead atoms. The summed E-state index contributed by atoms with van der Waals surface area (Å²) in [6, 6.07) is 0. The topological polar surface area (TPSA) is 20.2 Å². The van der Waals surface area contributed by atoms with Gasteiger partial charge in [-0.1, -0.05) is 25.0 Å². The van der Waals surface area contributed by atoms with E-state index in [0.717, 1.165) is 19.1 Å². The molecule has 0 spiro atoms. The van der Waals surface area contributed by atoms with Gasteiger partial charge in [-0.05, 0) is 20.3 Å². The average molecular weight is 142 g/mol. The van der Waals surface area contributed by atoms with Gasteiger partial charge in [0.2, 0.25) is 0 Å². The van der Waals surface area contributed by atoms with Crippen LogP contribution in [0.3, 0.4) is 0 Å². The van der Waals surface area contributed by atoms with E-state index in [1.807, 2.05) is 13.8 Å². The Balaban J connectivity index is 0. The number of unbranched alkanes of at least 4 members (excludes halogenated alkanes) is 1. The quantitative estimate of drug-likeness (QED) is 0.462. The normalized spacial score (nSPS) is 8.70. The summed E-state index contributed by atoms with van der Waals surface area (Å²) in [6.45, 7) is 9.57. The fraction of sp³-hybridized carbons (Fsp3) is 0.556. The number of hydrogen-bond donors (Lipinski definition) is 1. The van der Waals surface area contributed by atoms with Gasteiger partial charge in [0.15, 0.2) is 0 Å². The summed E-state index contributed by atoms with van der Waals surface area (Å²) in [5.41, 5.74) is 1.17. The number of rotatable bonds is 2. The highest BCUT2D eigenvalue weighted by Gasteiger charge is 1.66. The second-order valence-electron chi connectivity index (χ2n) is 2.38. The zero-order valence-electron chi connectivity index (χ0n) is 7.22. The minimum atomic E-state index is 0.983. The van der Waals surface area contributed by atoms with Crippen LogP contribution in [0, 0.1) is 0 Å². The van der Waals surface area contributed by atoms with Crippen LogP contribution in [0.2, 0.25) is 0 Å². The van der Waals surface area contributed by atoms with Crippen LogP contribution in [0.1, 0.15) is 33.6 Å². The number of aliphatic hydroxyl groups excluding tert-OH is 1. The SMILES string of the molecule is C=C(C)C.CCC/C=C/O. The molecule has 0 saturated heterocycles. The molecule has 10 heavy (non-hydrogen) atoms. The van der Waals surface area contributed by atoms with E-state index < -0.39 is 0 Å². The monoisotopic (exact) mass is 142 g/mol. The van der Waals surface area contributed by atoms with Gasteiger partial charge in [0.1, 0.15) is 0 Å². The summed E-state index contributed by atoms with van der Waals surface area (Å²) in [5, 5.41) is 8.02. The molecule has 0 aliphatic rings. The van der Waals surface area contributed by atoms with E-state index in [9.17, 15) is 0 Å². The van der Waals surface area contributed by atoms with Crippen molar-refractivity contribution in [1.82, 2.24) is 0 Å². The van der Waals surface area contributed by atoms with Crippen LogP contribution >= 0.6 is 0 Å². The molecule has 0 saturated carbocycles. The molecular formula is C9H18O. The molecule has 0 unspecified atom stereocenters. The maximum absolute atomic E-state index is 8.02. The Morgan fingerprint density at radius 1 is 1.50 bits per heavy atom. The van der Waals surface area contributed by atoms with Gasteiger partial charge >= 0.3 is 0 Å². The molecule has 1 heteroatoms. The first kappa shape index (κ1) is 12.0. The van der Waals surface area contributed by atoms with Crippen molar-refractivity contribution >= 4 is 0 Å². The molecule has 0 atom stereocenters. The summed E-state index contributed by atoms with van der Waals surface area (Å²) < 4.78 is 0.